The molecule has 4 aromatic heterocycles. The van der Waals surface area contributed by atoms with Gasteiger partial charge in [-0.15, -0.1) is 0 Å². The Labute approximate surface area is 222 Å². The van der Waals surface area contributed by atoms with Crippen molar-refractivity contribution in [3.05, 3.63) is 114 Å². The second-order valence-corrected chi connectivity index (χ2v) is 9.68. The molecular weight excluding hydrogens is 469 g/mol. The van der Waals surface area contributed by atoms with Crippen LogP contribution in [0.5, 0.6) is 0 Å². The zero-order chi connectivity index (χ0) is 26.1. The largest absolute Gasteiger partial charge is 0.340 e. The molecule has 0 aliphatic rings. The molecule has 4 heterocycles. The van der Waals surface area contributed by atoms with Crippen LogP contribution in [0, 0.1) is 13.8 Å². The Bertz CT molecular complexity index is 1720. The van der Waals surface area contributed by atoms with Gasteiger partial charge in [-0.2, -0.15) is 5.10 Å². The molecule has 186 valence electrons. The molecule has 2 aromatic carbocycles. The van der Waals surface area contributed by atoms with Gasteiger partial charge in [0.25, 0.3) is 0 Å². The summed E-state index contributed by atoms with van der Waals surface area (Å²) in [6.45, 7) is 5.68. The van der Waals surface area contributed by atoms with Crippen LogP contribution in [0.3, 0.4) is 0 Å². The van der Waals surface area contributed by atoms with E-state index in [1.165, 1.54) is 22.3 Å². The summed E-state index contributed by atoms with van der Waals surface area (Å²) in [7, 11) is 2.13. The normalized spacial score (nSPS) is 11.4. The molecule has 0 bridgehead atoms. The van der Waals surface area contributed by atoms with Crippen molar-refractivity contribution in [2.24, 2.45) is 0 Å². The summed E-state index contributed by atoms with van der Waals surface area (Å²) in [4.78, 5) is 19.9. The monoisotopic (exact) mass is 497 g/mol. The number of hydrogen-bond acceptors (Lipinski definition) is 5. The highest BCUT2D eigenvalue weighted by molar-refractivity contribution is 6.04. The topological polar surface area (TPSA) is 75.0 Å². The van der Waals surface area contributed by atoms with Crippen LogP contribution in [0.1, 0.15) is 22.6 Å². The van der Waals surface area contributed by atoms with E-state index in [2.05, 4.69) is 83.3 Å². The van der Waals surface area contributed by atoms with Gasteiger partial charge in [-0.25, -0.2) is 14.5 Å². The third-order valence-corrected chi connectivity index (χ3v) is 6.84. The Morgan fingerprint density at radius 3 is 2.53 bits per heavy atom. The summed E-state index contributed by atoms with van der Waals surface area (Å²) >= 11 is 0. The second kappa shape index (κ2) is 10.1. The third kappa shape index (κ3) is 4.74. The Morgan fingerprint density at radius 1 is 0.842 bits per heavy atom. The lowest BCUT2D eigenvalue weighted by atomic mass is 9.96. The van der Waals surface area contributed by atoms with Crippen molar-refractivity contribution in [2.75, 3.05) is 0 Å². The highest BCUT2D eigenvalue weighted by atomic mass is 15.3. The van der Waals surface area contributed by atoms with E-state index >= 15 is 0 Å². The third-order valence-electron chi connectivity index (χ3n) is 6.84. The van der Waals surface area contributed by atoms with Crippen LogP contribution in [0.25, 0.3) is 39.4 Å². The molecule has 0 amide bonds. The molecule has 0 saturated heterocycles. The van der Waals surface area contributed by atoms with E-state index in [1.54, 1.807) is 10.8 Å². The van der Waals surface area contributed by atoms with E-state index in [9.17, 15) is 0 Å². The number of aromatic nitrogens is 6. The summed E-state index contributed by atoms with van der Waals surface area (Å²) in [5.41, 5.74) is 10.5. The highest BCUT2D eigenvalue weighted by Crippen LogP contribution is 2.30. The van der Waals surface area contributed by atoms with Gasteiger partial charge in [0.05, 0.1) is 11.4 Å². The quantitative estimate of drug-likeness (QED) is 0.314. The van der Waals surface area contributed by atoms with Crippen LogP contribution < -0.4 is 0 Å². The van der Waals surface area contributed by atoms with Crippen molar-refractivity contribution in [3.63, 3.8) is 0 Å². The van der Waals surface area contributed by atoms with Crippen LogP contribution >= 0.6 is 0 Å². The molecule has 0 radical (unpaired) electrons. The number of fused-ring (bicyclic) bond motifs is 1. The molecule has 0 aliphatic carbocycles. The zero-order valence-corrected chi connectivity index (χ0v) is 21.8. The molecule has 0 aliphatic heterocycles. The first kappa shape index (κ1) is 23.8. The van der Waals surface area contributed by atoms with Crippen molar-refractivity contribution in [1.29, 1.82) is 0 Å². The van der Waals surface area contributed by atoms with E-state index in [1.807, 2.05) is 43.5 Å². The number of imidazole rings is 1. The van der Waals surface area contributed by atoms with Crippen LogP contribution in [0.2, 0.25) is 0 Å². The second-order valence-electron chi connectivity index (χ2n) is 9.68. The molecule has 38 heavy (non-hydrogen) atoms. The number of pyridine rings is 2. The number of aromatic amines is 1. The van der Waals surface area contributed by atoms with E-state index in [0.29, 0.717) is 6.54 Å². The van der Waals surface area contributed by atoms with Gasteiger partial charge in [-0.1, -0.05) is 54.6 Å². The molecule has 0 fully saturated rings. The fourth-order valence-corrected chi connectivity index (χ4v) is 4.92. The Balaban J connectivity index is 1.31. The molecule has 7 nitrogen and oxygen atoms in total. The van der Waals surface area contributed by atoms with Gasteiger partial charge in [0.1, 0.15) is 17.8 Å². The minimum absolute atomic E-state index is 0.666. The fraction of sp³-hybridized carbons (Fsp3) is 0.133. The molecule has 0 atom stereocenters. The molecule has 0 saturated carbocycles. The van der Waals surface area contributed by atoms with Gasteiger partial charge >= 0.3 is 0 Å². The van der Waals surface area contributed by atoms with E-state index in [-0.39, 0.29) is 0 Å². The summed E-state index contributed by atoms with van der Waals surface area (Å²) in [5.74, 6) is 0.886. The lowest BCUT2D eigenvalue weighted by Gasteiger charge is -2.19. The molecule has 1 N–H and O–H groups in total. The average molecular weight is 497 g/mol. The molecule has 6 aromatic rings. The highest BCUT2D eigenvalue weighted by Gasteiger charge is 2.18. The number of aryl methyl sites for hydroxylation is 1. The van der Waals surface area contributed by atoms with E-state index < -0.39 is 0 Å². The minimum Gasteiger partial charge on any atom is -0.340 e. The molecule has 0 unspecified atom stereocenters. The van der Waals surface area contributed by atoms with E-state index in [0.717, 1.165) is 46.4 Å². The minimum atomic E-state index is 0.666. The Kier molecular flexibility index (Phi) is 6.31. The summed E-state index contributed by atoms with van der Waals surface area (Å²) < 4.78 is 1.78. The number of H-pyrrole nitrogens is 1. The number of benzene rings is 2. The van der Waals surface area contributed by atoms with Crippen molar-refractivity contribution in [3.8, 4) is 33.8 Å². The van der Waals surface area contributed by atoms with Crippen LogP contribution in [0.15, 0.2) is 91.4 Å². The first-order valence-electron chi connectivity index (χ1n) is 12.7. The number of nitrogens with one attached hydrogen (secondary N) is 1. The van der Waals surface area contributed by atoms with Gasteiger partial charge in [-0.3, -0.25) is 4.98 Å². The predicted molar refractivity (Wildman–Crippen MR) is 153 cm³/mol. The fourth-order valence-electron chi connectivity index (χ4n) is 4.92. The molecule has 8 heteroatoms. The molecule has 0 spiro atoms. The van der Waals surface area contributed by atoms with E-state index in [4.69, 9.17) is 9.97 Å². The maximum atomic E-state index is 5.03. The number of rotatable bonds is 7. The van der Waals surface area contributed by atoms with Crippen molar-refractivity contribution >= 4 is 13.6 Å². The average Bonchev–Trinajstić information content (AvgIpc) is 3.57. The van der Waals surface area contributed by atoms with Gasteiger partial charge in [0.2, 0.25) is 0 Å². The van der Waals surface area contributed by atoms with Gasteiger partial charge < -0.3 is 9.79 Å². The predicted octanol–water partition coefficient (Wildman–Crippen LogP) is 5.02. The Hall–Kier alpha value is -4.56. The lowest BCUT2D eigenvalue weighted by molar-refractivity contribution is 0.431. The first-order chi connectivity index (χ1) is 18.5. The van der Waals surface area contributed by atoms with Crippen LogP contribution in [-0.4, -0.2) is 42.3 Å². The smallest absolute Gasteiger partial charge is 0.186 e. The van der Waals surface area contributed by atoms with Gasteiger partial charge in [0.15, 0.2) is 13.6 Å². The summed E-state index contributed by atoms with van der Waals surface area (Å²) in [5, 5.41) is 4.31. The lowest BCUT2D eigenvalue weighted by Crippen LogP contribution is -2.20. The standard InChI is InChI=1S/C30H28BN7/c1-20-8-6-13-26(34-20)30-29(24-14-15-28-32-19-33-38(28)17-24)35-27(36-30)18-37(31)16-23-11-7-12-25(21(23)2)22-9-4-3-5-10-22/h3-15,17,19H,16,18,31H2,1-2H3,(H,35,36). The Morgan fingerprint density at radius 2 is 1.68 bits per heavy atom. The van der Waals surface area contributed by atoms with Crippen molar-refractivity contribution in [2.45, 2.75) is 26.9 Å². The van der Waals surface area contributed by atoms with Gasteiger partial charge in [0, 0.05) is 30.5 Å². The maximum Gasteiger partial charge on any atom is 0.186 e. The van der Waals surface area contributed by atoms with Crippen LogP contribution in [-0.2, 0) is 13.1 Å². The zero-order valence-electron chi connectivity index (χ0n) is 21.8. The van der Waals surface area contributed by atoms with Gasteiger partial charge in [-0.05, 0) is 60.4 Å². The number of hydrogen-bond donors (Lipinski definition) is 1. The summed E-state index contributed by atoms with van der Waals surface area (Å²) in [6.07, 6.45) is 3.53. The molecular formula is C30H28BN7. The first-order valence-corrected chi connectivity index (χ1v) is 12.7. The van der Waals surface area contributed by atoms with Crippen molar-refractivity contribution in [1.82, 2.24) is 34.4 Å². The maximum absolute atomic E-state index is 5.03. The van der Waals surface area contributed by atoms with Crippen molar-refractivity contribution < 1.29 is 0 Å². The number of nitrogens with zero attached hydrogens (tertiary/aromatic N) is 6. The molecule has 6 rings (SSSR count). The summed E-state index contributed by atoms with van der Waals surface area (Å²) in [6, 6.07) is 27.1. The SMILES string of the molecule is BN(Cc1nc(-c2cccc(C)n2)c(-c2ccc3ncnn3c2)[nH]1)Cc1cccc(-c2ccccc2)c1C. The van der Waals surface area contributed by atoms with Crippen LogP contribution in [0.4, 0.5) is 0 Å².